The summed E-state index contributed by atoms with van der Waals surface area (Å²) in [6.45, 7) is 14.7. The Labute approximate surface area is 288 Å². The molecule has 0 saturated carbocycles. The van der Waals surface area contributed by atoms with Gasteiger partial charge in [-0.1, -0.05) is 37.7 Å². The monoisotopic (exact) mass is 695 g/mol. The largest absolute Gasteiger partial charge is 0.497 e. The van der Waals surface area contributed by atoms with Crippen LogP contribution in [0.5, 0.6) is 5.75 Å². The van der Waals surface area contributed by atoms with Gasteiger partial charge in [0.05, 0.1) is 13.7 Å². The van der Waals surface area contributed by atoms with Crippen LogP contribution in [0, 0.1) is 5.41 Å². The second kappa shape index (κ2) is 18.4. The Balaban J connectivity index is 1.72. The lowest BCUT2D eigenvalue weighted by atomic mass is 9.85. The molecule has 1 fully saturated rings. The van der Waals surface area contributed by atoms with Crippen molar-refractivity contribution < 1.29 is 47.7 Å². The maximum Gasteiger partial charge on any atom is 0.408 e. The molecule has 48 heavy (non-hydrogen) atoms. The van der Waals surface area contributed by atoms with Gasteiger partial charge in [-0.3, -0.25) is 14.4 Å². The zero-order chi connectivity index (χ0) is 36.1. The van der Waals surface area contributed by atoms with Gasteiger partial charge in [0.1, 0.15) is 29.1 Å². The number of amides is 3. The van der Waals surface area contributed by atoms with E-state index in [-0.39, 0.29) is 49.3 Å². The molecule has 13 nitrogen and oxygen atoms in total. The van der Waals surface area contributed by atoms with Crippen LogP contribution >= 0.6 is 11.8 Å². The molecule has 1 unspecified atom stereocenters. The zero-order valence-electron chi connectivity index (χ0n) is 29.7. The Kier molecular flexibility index (Phi) is 15.7. The lowest BCUT2D eigenvalue weighted by molar-refractivity contribution is -0.253. The molecule has 3 amide bonds. The highest BCUT2D eigenvalue weighted by Gasteiger charge is 2.42. The van der Waals surface area contributed by atoms with Gasteiger partial charge in [0.2, 0.25) is 11.8 Å². The number of nitrogens with one attached hydrogen (secondary N) is 3. The predicted molar refractivity (Wildman–Crippen MR) is 181 cm³/mol. The van der Waals surface area contributed by atoms with E-state index in [1.807, 2.05) is 38.1 Å². The third kappa shape index (κ3) is 15.7. The summed E-state index contributed by atoms with van der Waals surface area (Å²) in [4.78, 5) is 62.8. The predicted octanol–water partition coefficient (Wildman–Crippen LogP) is 3.90. The Morgan fingerprint density at radius 1 is 0.938 bits per heavy atom. The Morgan fingerprint density at radius 3 is 2.19 bits per heavy atom. The van der Waals surface area contributed by atoms with Crippen LogP contribution in [-0.2, 0) is 44.5 Å². The van der Waals surface area contributed by atoms with E-state index in [1.54, 1.807) is 48.7 Å². The van der Waals surface area contributed by atoms with Gasteiger partial charge in [-0.2, -0.15) is 0 Å². The van der Waals surface area contributed by atoms with Gasteiger partial charge in [0, 0.05) is 43.5 Å². The maximum atomic E-state index is 13.0. The fourth-order valence-electron chi connectivity index (χ4n) is 4.48. The molecule has 1 aliphatic rings. The molecule has 3 N–H and O–H groups in total. The number of methoxy groups -OCH3 is 1. The first-order chi connectivity index (χ1) is 22.3. The van der Waals surface area contributed by atoms with E-state index in [0.29, 0.717) is 18.8 Å². The summed E-state index contributed by atoms with van der Waals surface area (Å²) < 4.78 is 27.7. The molecule has 0 aliphatic carbocycles. The molecule has 3 atom stereocenters. The number of alkyl carbamates (subject to hydrolysis) is 1. The topological polar surface area (TPSA) is 168 Å². The normalized spacial score (nSPS) is 18.2. The molecule has 1 aromatic rings. The van der Waals surface area contributed by atoms with Crippen molar-refractivity contribution >= 4 is 40.8 Å². The van der Waals surface area contributed by atoms with Crippen LogP contribution in [0.25, 0.3) is 0 Å². The molecule has 0 radical (unpaired) electrons. The number of rotatable bonds is 15. The molecule has 14 heteroatoms. The zero-order valence-corrected chi connectivity index (χ0v) is 30.5. The third-order valence-corrected chi connectivity index (χ3v) is 7.73. The smallest absolute Gasteiger partial charge is 0.408 e. The van der Waals surface area contributed by atoms with Crippen LogP contribution in [0.4, 0.5) is 4.79 Å². The van der Waals surface area contributed by atoms with E-state index in [2.05, 4.69) is 16.0 Å². The van der Waals surface area contributed by atoms with E-state index >= 15 is 0 Å². The van der Waals surface area contributed by atoms with Crippen LogP contribution in [0.2, 0.25) is 0 Å². The molecule has 0 spiro atoms. The molecule has 1 saturated heterocycles. The van der Waals surface area contributed by atoms with Gasteiger partial charge in [0.25, 0.3) is 0 Å². The van der Waals surface area contributed by atoms with Crippen molar-refractivity contribution in [3.05, 3.63) is 29.8 Å². The van der Waals surface area contributed by atoms with Gasteiger partial charge in [-0.25, -0.2) is 9.59 Å². The summed E-state index contributed by atoms with van der Waals surface area (Å²) >= 11 is 1.01. The summed E-state index contributed by atoms with van der Waals surface area (Å²) in [6.07, 6.45) is -1.57. The van der Waals surface area contributed by atoms with E-state index in [0.717, 1.165) is 23.1 Å². The number of esters is 1. The molecular formula is C34H53N3O10S. The van der Waals surface area contributed by atoms with Crippen molar-refractivity contribution in [3.8, 4) is 5.75 Å². The van der Waals surface area contributed by atoms with Gasteiger partial charge in [0.15, 0.2) is 11.4 Å². The number of hydrogen-bond donors (Lipinski definition) is 3. The average Bonchev–Trinajstić information content (AvgIpc) is 2.96. The molecular weight excluding hydrogens is 642 g/mol. The Morgan fingerprint density at radius 2 is 1.58 bits per heavy atom. The molecule has 1 aliphatic heterocycles. The molecule has 1 aromatic carbocycles. The highest BCUT2D eigenvalue weighted by Crippen LogP contribution is 2.31. The molecule has 0 bridgehead atoms. The van der Waals surface area contributed by atoms with Crippen molar-refractivity contribution in [2.45, 2.75) is 111 Å². The standard InChI is InChI=1S/C34H53N3O10S/c1-32(2,3)46-30(41)24(37-31(42)47-33(4,5)6)14-15-26(39)48-19-18-35-25(38)16-17-36-29(40)28-34(7,8)21-44-27(45-28)20-22-10-12-23(43-9)13-11-22/h10-13,24,27-28H,14-21H2,1-9H3,(H,35,38)(H,36,40)(H,37,42)/t24-,27?,28-/m0/s1. The van der Waals surface area contributed by atoms with Crippen LogP contribution in [0.15, 0.2) is 24.3 Å². The van der Waals surface area contributed by atoms with Gasteiger partial charge < -0.3 is 39.6 Å². The van der Waals surface area contributed by atoms with E-state index in [4.69, 9.17) is 23.7 Å². The van der Waals surface area contributed by atoms with Crippen LogP contribution in [0.1, 0.15) is 80.2 Å². The van der Waals surface area contributed by atoms with E-state index < -0.39 is 47.1 Å². The van der Waals surface area contributed by atoms with Gasteiger partial charge in [-0.05, 0) is 65.7 Å². The lowest BCUT2D eigenvalue weighted by Gasteiger charge is -2.41. The molecule has 2 rings (SSSR count). The van der Waals surface area contributed by atoms with Crippen molar-refractivity contribution in [2.24, 2.45) is 5.41 Å². The summed E-state index contributed by atoms with van der Waals surface area (Å²) in [6, 6.07) is 6.48. The number of carbonyl (C=O) groups is 5. The number of thioether (sulfide) groups is 1. The highest BCUT2D eigenvalue weighted by atomic mass is 32.2. The van der Waals surface area contributed by atoms with Crippen LogP contribution in [0.3, 0.4) is 0 Å². The summed E-state index contributed by atoms with van der Waals surface area (Å²) in [7, 11) is 1.60. The minimum Gasteiger partial charge on any atom is -0.497 e. The first kappa shape index (κ1) is 40.8. The number of carbonyl (C=O) groups excluding carboxylic acids is 5. The van der Waals surface area contributed by atoms with Gasteiger partial charge in [-0.15, -0.1) is 0 Å². The minimum absolute atomic E-state index is 0.00404. The van der Waals surface area contributed by atoms with Crippen LogP contribution < -0.4 is 20.7 Å². The fraction of sp³-hybridized carbons (Fsp3) is 0.676. The first-order valence-corrected chi connectivity index (χ1v) is 17.1. The minimum atomic E-state index is -1.06. The van der Waals surface area contributed by atoms with Gasteiger partial charge >= 0.3 is 12.1 Å². The SMILES string of the molecule is COc1ccc(CC2OCC(C)(C)[C@H](C(=O)NCCC(=O)NCCSC(=O)CC[C@H](NC(=O)OC(C)(C)C)C(=O)OC(C)(C)C)O2)cc1. The average molecular weight is 696 g/mol. The molecule has 1 heterocycles. The Hall–Kier alpha value is -3.36. The van der Waals surface area contributed by atoms with E-state index in [9.17, 15) is 24.0 Å². The first-order valence-electron chi connectivity index (χ1n) is 16.1. The fourth-order valence-corrected chi connectivity index (χ4v) is 5.17. The third-order valence-electron chi connectivity index (χ3n) is 6.80. The molecule has 270 valence electrons. The summed E-state index contributed by atoms with van der Waals surface area (Å²) in [5.41, 5.74) is -1.12. The van der Waals surface area contributed by atoms with Crippen molar-refractivity contribution in [3.63, 3.8) is 0 Å². The quantitative estimate of drug-likeness (QED) is 0.180. The number of benzene rings is 1. The lowest BCUT2D eigenvalue weighted by Crippen LogP contribution is -2.54. The highest BCUT2D eigenvalue weighted by molar-refractivity contribution is 8.13. The second-order valence-corrected chi connectivity index (χ2v) is 15.3. The number of ether oxygens (including phenoxy) is 5. The van der Waals surface area contributed by atoms with Crippen LogP contribution in [-0.4, -0.2) is 91.2 Å². The summed E-state index contributed by atoms with van der Waals surface area (Å²) in [5.74, 6) is -0.198. The van der Waals surface area contributed by atoms with E-state index in [1.165, 1.54) is 0 Å². The number of hydrogen-bond acceptors (Lipinski definition) is 11. The Bertz CT molecular complexity index is 1240. The van der Waals surface area contributed by atoms with Crippen molar-refractivity contribution in [1.29, 1.82) is 0 Å². The van der Waals surface area contributed by atoms with Crippen molar-refractivity contribution in [2.75, 3.05) is 32.6 Å². The molecule has 0 aromatic heterocycles. The van der Waals surface area contributed by atoms with Crippen molar-refractivity contribution in [1.82, 2.24) is 16.0 Å². The second-order valence-electron chi connectivity index (χ2n) is 14.2. The summed E-state index contributed by atoms with van der Waals surface area (Å²) in [5, 5.41) is 7.82. The maximum absolute atomic E-state index is 13.0.